The molecule has 0 saturated carbocycles. The van der Waals surface area contributed by atoms with Crippen LogP contribution in [0.1, 0.15) is 37.0 Å². The van der Waals surface area contributed by atoms with Crippen LogP contribution in [0.5, 0.6) is 0 Å². The van der Waals surface area contributed by atoms with Crippen LogP contribution in [-0.4, -0.2) is 51.7 Å². The number of fused-ring (bicyclic) bond motifs is 1. The van der Waals surface area contributed by atoms with Gasteiger partial charge in [0, 0.05) is 37.1 Å². The van der Waals surface area contributed by atoms with Gasteiger partial charge in [0.2, 0.25) is 5.91 Å². The molecule has 7 heteroatoms. The molecule has 3 N–H and O–H groups in total. The Morgan fingerprint density at radius 2 is 1.96 bits per heavy atom. The van der Waals surface area contributed by atoms with Crippen LogP contribution < -0.4 is 11.1 Å². The molecule has 2 aromatic rings. The maximum absolute atomic E-state index is 12.6. The lowest BCUT2D eigenvalue weighted by molar-refractivity contribution is -0.133. The number of hydrogen-bond acceptors (Lipinski definition) is 4. The number of carbonyl (C=O) groups excluding carboxylic acids is 2. The van der Waals surface area contributed by atoms with Crippen LogP contribution in [0.4, 0.5) is 0 Å². The topological polar surface area (TPSA) is 93.2 Å². The van der Waals surface area contributed by atoms with Crippen molar-refractivity contribution in [3.63, 3.8) is 0 Å². The smallest absolute Gasteiger partial charge is 0.251 e. The summed E-state index contributed by atoms with van der Waals surface area (Å²) in [5.41, 5.74) is 7.25. The minimum absolute atomic E-state index is 0.00428. The molecule has 1 aromatic heterocycles. The number of likely N-dealkylation sites (tertiary alicyclic amines) is 1. The van der Waals surface area contributed by atoms with Crippen LogP contribution >= 0.6 is 0 Å². The van der Waals surface area contributed by atoms with Crippen LogP contribution in [0.3, 0.4) is 0 Å². The molecule has 1 aromatic carbocycles. The first-order chi connectivity index (χ1) is 12.4. The van der Waals surface area contributed by atoms with E-state index in [0.29, 0.717) is 24.6 Å². The molecule has 1 aliphatic rings. The first-order valence-corrected chi connectivity index (χ1v) is 9.14. The van der Waals surface area contributed by atoms with E-state index < -0.39 is 6.04 Å². The van der Waals surface area contributed by atoms with Gasteiger partial charge in [0.05, 0.1) is 17.8 Å². The molecular weight excluding hydrogens is 330 g/mol. The highest BCUT2D eigenvalue weighted by atomic mass is 16.2. The summed E-state index contributed by atoms with van der Waals surface area (Å²) in [5.74, 6) is 0.288. The highest BCUT2D eigenvalue weighted by Gasteiger charge is 2.28. The second-order valence-corrected chi connectivity index (χ2v) is 7.26. The fourth-order valence-corrected chi connectivity index (χ4v) is 3.60. The summed E-state index contributed by atoms with van der Waals surface area (Å²) in [6.07, 6.45) is 3.54. The van der Waals surface area contributed by atoms with Gasteiger partial charge in [0.1, 0.15) is 0 Å². The molecule has 1 aliphatic heterocycles. The Balaban J connectivity index is 1.59. The van der Waals surface area contributed by atoms with E-state index in [0.717, 1.165) is 23.7 Å². The lowest BCUT2D eigenvalue weighted by atomic mass is 9.90. The van der Waals surface area contributed by atoms with Gasteiger partial charge in [-0.15, -0.1) is 0 Å². The molecule has 2 atom stereocenters. The second kappa shape index (κ2) is 7.45. The van der Waals surface area contributed by atoms with Crippen molar-refractivity contribution in [3.05, 3.63) is 30.0 Å². The first kappa shape index (κ1) is 18.4. The van der Waals surface area contributed by atoms with Crippen molar-refractivity contribution < 1.29 is 9.59 Å². The molecule has 7 nitrogen and oxygen atoms in total. The number of amides is 2. The van der Waals surface area contributed by atoms with Gasteiger partial charge in [-0.2, -0.15) is 5.10 Å². The van der Waals surface area contributed by atoms with Gasteiger partial charge in [0.15, 0.2) is 0 Å². The van der Waals surface area contributed by atoms with E-state index in [4.69, 9.17) is 5.73 Å². The largest absolute Gasteiger partial charge is 0.349 e. The van der Waals surface area contributed by atoms with Crippen LogP contribution in [0, 0.1) is 5.92 Å². The Bertz CT molecular complexity index is 805. The molecule has 0 aliphatic carbocycles. The van der Waals surface area contributed by atoms with Gasteiger partial charge in [0.25, 0.3) is 5.91 Å². The molecule has 0 radical (unpaired) electrons. The van der Waals surface area contributed by atoms with Gasteiger partial charge in [-0.1, -0.05) is 6.07 Å². The third-order valence-corrected chi connectivity index (χ3v) is 5.32. The Hall–Kier alpha value is -2.41. The van der Waals surface area contributed by atoms with E-state index in [2.05, 4.69) is 10.4 Å². The van der Waals surface area contributed by atoms with Crippen molar-refractivity contribution in [2.75, 3.05) is 13.1 Å². The summed E-state index contributed by atoms with van der Waals surface area (Å²) in [6.45, 7) is 5.16. The number of aromatic nitrogens is 2. The van der Waals surface area contributed by atoms with Crippen LogP contribution in [-0.2, 0) is 11.8 Å². The summed E-state index contributed by atoms with van der Waals surface area (Å²) in [4.78, 5) is 26.4. The van der Waals surface area contributed by atoms with E-state index in [1.54, 1.807) is 17.8 Å². The number of nitrogens with one attached hydrogen (secondary N) is 1. The number of rotatable bonds is 4. The lowest BCUT2D eigenvalue weighted by Gasteiger charge is -2.35. The predicted octanol–water partition coefficient (Wildman–Crippen LogP) is 1.28. The number of nitrogens with zero attached hydrogens (tertiary/aromatic N) is 3. The van der Waals surface area contributed by atoms with E-state index in [1.165, 1.54) is 0 Å². The van der Waals surface area contributed by atoms with Crippen LogP contribution in [0.15, 0.2) is 24.4 Å². The maximum atomic E-state index is 12.6. The standard InChI is InChI=1S/C19H27N5O2/c1-12(20)19(26)24-8-6-14(7-9-24)13(2)22-18(25)15-4-5-16-11-21-23(3)17(16)10-15/h4-5,10-14H,6-9,20H2,1-3H3,(H,22,25)/t12-,13?/m0/s1. The maximum Gasteiger partial charge on any atom is 0.251 e. The van der Waals surface area contributed by atoms with Crippen molar-refractivity contribution in [1.82, 2.24) is 20.0 Å². The number of aryl methyl sites for hydroxylation is 1. The van der Waals surface area contributed by atoms with Crippen molar-refractivity contribution in [2.24, 2.45) is 18.7 Å². The number of piperidine rings is 1. The van der Waals surface area contributed by atoms with E-state index in [9.17, 15) is 9.59 Å². The minimum Gasteiger partial charge on any atom is -0.349 e. The molecule has 1 unspecified atom stereocenters. The van der Waals surface area contributed by atoms with Crippen LogP contribution in [0.25, 0.3) is 10.9 Å². The van der Waals surface area contributed by atoms with Crippen molar-refractivity contribution in [1.29, 1.82) is 0 Å². The van der Waals surface area contributed by atoms with E-state index in [-0.39, 0.29) is 17.9 Å². The zero-order valence-electron chi connectivity index (χ0n) is 15.6. The van der Waals surface area contributed by atoms with Crippen LogP contribution in [0.2, 0.25) is 0 Å². The quantitative estimate of drug-likeness (QED) is 0.862. The van der Waals surface area contributed by atoms with Gasteiger partial charge in [-0.05, 0) is 44.7 Å². The normalized spacial score (nSPS) is 17.9. The summed E-state index contributed by atoms with van der Waals surface area (Å²) in [6, 6.07) is 5.22. The van der Waals surface area contributed by atoms with Crippen molar-refractivity contribution >= 4 is 22.7 Å². The summed E-state index contributed by atoms with van der Waals surface area (Å²) >= 11 is 0. The molecule has 1 saturated heterocycles. The Labute approximate surface area is 153 Å². The summed E-state index contributed by atoms with van der Waals surface area (Å²) in [7, 11) is 1.86. The molecule has 2 heterocycles. The van der Waals surface area contributed by atoms with Crippen molar-refractivity contribution in [3.8, 4) is 0 Å². The molecular formula is C19H27N5O2. The lowest BCUT2D eigenvalue weighted by Crippen LogP contribution is -2.49. The highest BCUT2D eigenvalue weighted by molar-refractivity contribution is 5.98. The number of nitrogens with two attached hydrogens (primary N) is 1. The second-order valence-electron chi connectivity index (χ2n) is 7.26. The molecule has 0 bridgehead atoms. The average Bonchev–Trinajstić information content (AvgIpc) is 3.01. The fraction of sp³-hybridized carbons (Fsp3) is 0.526. The number of benzene rings is 1. The predicted molar refractivity (Wildman–Crippen MR) is 101 cm³/mol. The van der Waals surface area contributed by atoms with Gasteiger partial charge >= 0.3 is 0 Å². The molecule has 1 fully saturated rings. The molecule has 140 valence electrons. The van der Waals surface area contributed by atoms with Gasteiger partial charge < -0.3 is 16.0 Å². The van der Waals surface area contributed by atoms with E-state index in [1.807, 2.05) is 37.1 Å². The van der Waals surface area contributed by atoms with Crippen molar-refractivity contribution in [2.45, 2.75) is 38.8 Å². The summed E-state index contributed by atoms with van der Waals surface area (Å²) < 4.78 is 1.76. The third kappa shape index (κ3) is 3.72. The fourth-order valence-electron chi connectivity index (χ4n) is 3.60. The Morgan fingerprint density at radius 1 is 1.27 bits per heavy atom. The minimum atomic E-state index is -0.453. The summed E-state index contributed by atoms with van der Waals surface area (Å²) in [5, 5.41) is 8.34. The monoisotopic (exact) mass is 357 g/mol. The third-order valence-electron chi connectivity index (χ3n) is 5.32. The Kier molecular flexibility index (Phi) is 5.27. The molecule has 26 heavy (non-hydrogen) atoms. The van der Waals surface area contributed by atoms with Gasteiger partial charge in [-0.3, -0.25) is 14.3 Å². The number of carbonyl (C=O) groups is 2. The van der Waals surface area contributed by atoms with Gasteiger partial charge in [-0.25, -0.2) is 0 Å². The molecule has 2 amide bonds. The van der Waals surface area contributed by atoms with E-state index >= 15 is 0 Å². The Morgan fingerprint density at radius 3 is 2.62 bits per heavy atom. The SMILES string of the molecule is CC(NC(=O)c1ccc2cnn(C)c2c1)C1CCN(C(=O)[C@H](C)N)CC1. The molecule has 3 rings (SSSR count). The number of hydrogen-bond donors (Lipinski definition) is 2. The average molecular weight is 357 g/mol. The highest BCUT2D eigenvalue weighted by Crippen LogP contribution is 2.22. The zero-order chi connectivity index (χ0) is 18.8. The zero-order valence-corrected chi connectivity index (χ0v) is 15.6. The molecule has 0 spiro atoms. The first-order valence-electron chi connectivity index (χ1n) is 9.14.